The third kappa shape index (κ3) is 3.11. The second kappa shape index (κ2) is 6.56. The highest BCUT2D eigenvalue weighted by atomic mass is 32.2. The lowest BCUT2D eigenvalue weighted by atomic mass is 10.1. The van der Waals surface area contributed by atoms with E-state index in [1.807, 2.05) is 24.5 Å². The fourth-order valence-corrected chi connectivity index (χ4v) is 2.13. The van der Waals surface area contributed by atoms with Gasteiger partial charge in [-0.1, -0.05) is 37.3 Å². The summed E-state index contributed by atoms with van der Waals surface area (Å²) in [4.78, 5) is 0. The molecule has 96 valence electrons. The average molecular weight is 263 g/mol. The first-order valence-corrected chi connectivity index (χ1v) is 7.34. The van der Waals surface area contributed by atoms with E-state index < -0.39 is 0 Å². The van der Waals surface area contributed by atoms with Gasteiger partial charge in [-0.2, -0.15) is 11.8 Å². The van der Waals surface area contributed by atoms with Gasteiger partial charge in [-0.3, -0.25) is 0 Å². The molecule has 1 aromatic carbocycles. The molecule has 5 heteroatoms. The summed E-state index contributed by atoms with van der Waals surface area (Å²) in [7, 11) is 0. The Kier molecular flexibility index (Phi) is 4.78. The first-order chi connectivity index (χ1) is 8.85. The summed E-state index contributed by atoms with van der Waals surface area (Å²) >= 11 is 1.67. The summed E-state index contributed by atoms with van der Waals surface area (Å²) in [5, 5.41) is 11.6. The van der Waals surface area contributed by atoms with Crippen molar-refractivity contribution in [1.29, 1.82) is 0 Å². The molecule has 1 unspecified atom stereocenters. The summed E-state index contributed by atoms with van der Waals surface area (Å²) in [6, 6.07) is 10.1. The van der Waals surface area contributed by atoms with Crippen LogP contribution in [0.25, 0.3) is 0 Å². The van der Waals surface area contributed by atoms with Crippen molar-refractivity contribution in [2.45, 2.75) is 18.7 Å². The lowest BCUT2D eigenvalue weighted by Gasteiger charge is -2.13. The molecule has 1 aromatic heterocycles. The van der Waals surface area contributed by atoms with Crippen LogP contribution in [0, 0.1) is 0 Å². The number of nitrogens with zero attached hydrogens (tertiary/aromatic N) is 2. The monoisotopic (exact) mass is 263 g/mol. The maximum atomic E-state index is 5.69. The van der Waals surface area contributed by atoms with E-state index in [1.165, 1.54) is 0 Å². The van der Waals surface area contributed by atoms with E-state index in [1.54, 1.807) is 11.8 Å². The Bertz CT molecular complexity index is 472. The number of nitrogens with one attached hydrogen (secondary N) is 1. The quantitative estimate of drug-likeness (QED) is 0.868. The molecule has 18 heavy (non-hydrogen) atoms. The van der Waals surface area contributed by atoms with Crippen LogP contribution in [0.4, 0.5) is 0 Å². The van der Waals surface area contributed by atoms with Gasteiger partial charge in [0.15, 0.2) is 0 Å². The molecule has 0 aliphatic heterocycles. The van der Waals surface area contributed by atoms with Gasteiger partial charge in [0.25, 0.3) is 0 Å². The van der Waals surface area contributed by atoms with Gasteiger partial charge in [-0.05, 0) is 18.4 Å². The molecule has 0 saturated carbocycles. The summed E-state index contributed by atoms with van der Waals surface area (Å²) in [6.45, 7) is 2.91. The topological polar surface area (TPSA) is 51.0 Å². The summed E-state index contributed by atoms with van der Waals surface area (Å²) in [5.41, 5.74) is 1.14. The van der Waals surface area contributed by atoms with E-state index in [0.717, 1.165) is 17.9 Å². The minimum atomic E-state index is -0.0284. The van der Waals surface area contributed by atoms with Crippen molar-refractivity contribution in [2.24, 2.45) is 0 Å². The number of thioether (sulfide) groups is 1. The van der Waals surface area contributed by atoms with Crippen molar-refractivity contribution in [3.05, 3.63) is 47.7 Å². The van der Waals surface area contributed by atoms with Crippen molar-refractivity contribution in [1.82, 2.24) is 15.5 Å². The van der Waals surface area contributed by atoms with Crippen LogP contribution in [0.3, 0.4) is 0 Å². The average Bonchev–Trinajstić information content (AvgIpc) is 2.86. The molecule has 1 heterocycles. The first kappa shape index (κ1) is 13.1. The number of hydrogen-bond acceptors (Lipinski definition) is 5. The van der Waals surface area contributed by atoms with E-state index >= 15 is 0 Å². The van der Waals surface area contributed by atoms with Crippen LogP contribution in [0.15, 0.2) is 34.7 Å². The van der Waals surface area contributed by atoms with Crippen LogP contribution in [0.1, 0.15) is 30.3 Å². The second-order valence-corrected chi connectivity index (χ2v) is 4.73. The maximum absolute atomic E-state index is 5.69. The van der Waals surface area contributed by atoms with Crippen LogP contribution in [0.2, 0.25) is 0 Å². The second-order valence-electron chi connectivity index (χ2n) is 3.87. The minimum absolute atomic E-state index is 0.0284. The number of hydrogen-bond donors (Lipinski definition) is 1. The van der Waals surface area contributed by atoms with Gasteiger partial charge in [0.05, 0.1) is 5.75 Å². The Morgan fingerprint density at radius 2 is 2.06 bits per heavy atom. The largest absolute Gasteiger partial charge is 0.422 e. The van der Waals surface area contributed by atoms with Crippen molar-refractivity contribution in [3.8, 4) is 0 Å². The molecule has 0 spiro atoms. The summed E-state index contributed by atoms with van der Waals surface area (Å²) < 4.78 is 5.69. The molecule has 0 amide bonds. The zero-order valence-corrected chi connectivity index (χ0v) is 11.4. The molecule has 2 rings (SSSR count). The number of aromatic nitrogens is 2. The lowest BCUT2D eigenvalue weighted by Crippen LogP contribution is -2.22. The summed E-state index contributed by atoms with van der Waals surface area (Å²) in [5.74, 6) is 2.06. The van der Waals surface area contributed by atoms with Gasteiger partial charge in [-0.25, -0.2) is 0 Å². The molecule has 1 atom stereocenters. The van der Waals surface area contributed by atoms with E-state index in [2.05, 4.69) is 34.6 Å². The van der Waals surface area contributed by atoms with E-state index in [-0.39, 0.29) is 6.04 Å². The van der Waals surface area contributed by atoms with E-state index in [9.17, 15) is 0 Å². The minimum Gasteiger partial charge on any atom is -0.422 e. The van der Waals surface area contributed by atoms with Gasteiger partial charge in [0, 0.05) is 0 Å². The van der Waals surface area contributed by atoms with Crippen LogP contribution in [-0.2, 0) is 5.75 Å². The zero-order valence-electron chi connectivity index (χ0n) is 10.6. The van der Waals surface area contributed by atoms with Crippen molar-refractivity contribution < 1.29 is 4.42 Å². The number of rotatable bonds is 6. The van der Waals surface area contributed by atoms with Crippen LogP contribution in [-0.4, -0.2) is 23.0 Å². The first-order valence-electron chi connectivity index (χ1n) is 5.94. The molecular weight excluding hydrogens is 246 g/mol. The molecular formula is C13H17N3OS. The Morgan fingerprint density at radius 3 is 2.72 bits per heavy atom. The van der Waals surface area contributed by atoms with Gasteiger partial charge < -0.3 is 9.73 Å². The van der Waals surface area contributed by atoms with Gasteiger partial charge in [-0.15, -0.1) is 10.2 Å². The van der Waals surface area contributed by atoms with Crippen LogP contribution < -0.4 is 5.32 Å². The third-order valence-corrected chi connectivity index (χ3v) is 3.07. The Hall–Kier alpha value is -1.33. The van der Waals surface area contributed by atoms with Crippen LogP contribution in [0.5, 0.6) is 0 Å². The predicted molar refractivity (Wildman–Crippen MR) is 73.5 cm³/mol. The molecule has 0 saturated heterocycles. The standard InChI is InChI=1S/C13H17N3OS/c1-3-14-12(10-7-5-4-6-8-10)13-16-15-11(17-13)9-18-2/h4-8,12,14H,3,9H2,1-2H3. The fourth-order valence-electron chi connectivity index (χ4n) is 1.76. The Balaban J connectivity index is 2.23. The summed E-state index contributed by atoms with van der Waals surface area (Å²) in [6.07, 6.45) is 2.02. The van der Waals surface area contributed by atoms with E-state index in [4.69, 9.17) is 4.42 Å². The molecule has 1 N–H and O–H groups in total. The Labute approximate surface area is 111 Å². The van der Waals surface area contributed by atoms with Crippen molar-refractivity contribution in [2.75, 3.05) is 12.8 Å². The van der Waals surface area contributed by atoms with Gasteiger partial charge >= 0.3 is 0 Å². The zero-order chi connectivity index (χ0) is 12.8. The van der Waals surface area contributed by atoms with E-state index in [0.29, 0.717) is 11.8 Å². The SMILES string of the molecule is CCNC(c1ccccc1)c1nnc(CSC)o1. The highest BCUT2D eigenvalue weighted by Crippen LogP contribution is 2.21. The molecule has 2 aromatic rings. The Morgan fingerprint density at radius 1 is 1.28 bits per heavy atom. The predicted octanol–water partition coefficient (Wildman–Crippen LogP) is 2.63. The molecule has 0 fully saturated rings. The van der Waals surface area contributed by atoms with Gasteiger partial charge in [0.1, 0.15) is 6.04 Å². The lowest BCUT2D eigenvalue weighted by molar-refractivity contribution is 0.418. The van der Waals surface area contributed by atoms with Crippen molar-refractivity contribution in [3.63, 3.8) is 0 Å². The third-order valence-electron chi connectivity index (χ3n) is 2.54. The normalized spacial score (nSPS) is 12.6. The van der Waals surface area contributed by atoms with Crippen molar-refractivity contribution >= 4 is 11.8 Å². The molecule has 0 radical (unpaired) electrons. The highest BCUT2D eigenvalue weighted by Gasteiger charge is 2.19. The molecule has 0 aliphatic rings. The molecule has 0 aliphatic carbocycles. The highest BCUT2D eigenvalue weighted by molar-refractivity contribution is 7.97. The molecule has 4 nitrogen and oxygen atoms in total. The fraction of sp³-hybridized carbons (Fsp3) is 0.385. The van der Waals surface area contributed by atoms with Gasteiger partial charge in [0.2, 0.25) is 11.8 Å². The number of benzene rings is 1. The van der Waals surface area contributed by atoms with Crippen LogP contribution >= 0.6 is 11.8 Å². The maximum Gasteiger partial charge on any atom is 0.237 e. The smallest absolute Gasteiger partial charge is 0.237 e. The molecule has 0 bridgehead atoms.